The lowest BCUT2D eigenvalue weighted by atomic mass is 9.88. The Bertz CT molecular complexity index is 1370. The number of likely N-dealkylation sites (tertiary alicyclic amines) is 1. The summed E-state index contributed by atoms with van der Waals surface area (Å²) in [5.74, 6) is -1.69. The largest absolute Gasteiger partial charge is 0.455 e. The van der Waals surface area contributed by atoms with Crippen molar-refractivity contribution in [3.8, 4) is 0 Å². The van der Waals surface area contributed by atoms with Crippen molar-refractivity contribution >= 4 is 29.4 Å². The number of para-hydroxylation sites is 2. The summed E-state index contributed by atoms with van der Waals surface area (Å²) in [4.78, 5) is 62.0. The Balaban J connectivity index is 1.75. The van der Waals surface area contributed by atoms with Gasteiger partial charge in [0.15, 0.2) is 6.10 Å². The number of nitrogens with zero attached hydrogens (tertiary/aromatic N) is 3. The molecule has 1 heterocycles. The number of hydrogen-bond donors (Lipinski definition) is 0. The average molecular weight is 598 g/mol. The third kappa shape index (κ3) is 7.53. The van der Waals surface area contributed by atoms with Gasteiger partial charge in [-0.1, -0.05) is 30.8 Å². The lowest BCUT2D eigenvalue weighted by Gasteiger charge is -2.41. The van der Waals surface area contributed by atoms with Crippen LogP contribution in [-0.2, 0) is 23.8 Å². The van der Waals surface area contributed by atoms with E-state index >= 15 is 0 Å². The van der Waals surface area contributed by atoms with Crippen molar-refractivity contribution < 1.29 is 38.4 Å². The van der Waals surface area contributed by atoms with Gasteiger partial charge < -0.3 is 19.1 Å². The number of hydrogen-bond acceptors (Lipinski definition) is 10. The molecule has 0 aliphatic carbocycles. The van der Waals surface area contributed by atoms with Crippen LogP contribution in [0.5, 0.6) is 0 Å². The third-order valence-electron chi connectivity index (χ3n) is 7.64. The molecular formula is C30H35N3O10. The predicted octanol–water partition coefficient (Wildman–Crippen LogP) is 5.66. The summed E-state index contributed by atoms with van der Waals surface area (Å²) in [6.07, 6.45) is -1.82. The van der Waals surface area contributed by atoms with Gasteiger partial charge in [-0.25, -0.2) is 9.59 Å². The monoisotopic (exact) mass is 597 g/mol. The van der Waals surface area contributed by atoms with E-state index in [2.05, 4.69) is 6.58 Å². The number of piperidine rings is 1. The number of benzene rings is 2. The Kier molecular flexibility index (Phi) is 9.89. The normalized spacial score (nSPS) is 14.1. The van der Waals surface area contributed by atoms with E-state index in [1.807, 2.05) is 0 Å². The summed E-state index contributed by atoms with van der Waals surface area (Å²) < 4.78 is 17.0. The minimum atomic E-state index is -1.44. The topological polar surface area (TPSA) is 168 Å². The second kappa shape index (κ2) is 13.0. The van der Waals surface area contributed by atoms with Crippen molar-refractivity contribution in [3.63, 3.8) is 0 Å². The molecule has 0 atom stereocenters. The van der Waals surface area contributed by atoms with Crippen molar-refractivity contribution in [2.45, 2.75) is 64.8 Å². The third-order valence-corrected chi connectivity index (χ3v) is 7.64. The number of nitro benzene ring substituents is 2. The van der Waals surface area contributed by atoms with Gasteiger partial charge in [-0.3, -0.25) is 25.0 Å². The van der Waals surface area contributed by atoms with E-state index in [0.29, 0.717) is 0 Å². The lowest BCUT2D eigenvalue weighted by molar-refractivity contribution is -0.387. The Hall–Kier alpha value is -4.81. The highest BCUT2D eigenvalue weighted by Crippen LogP contribution is 2.38. The molecule has 1 saturated heterocycles. The second-order valence-corrected chi connectivity index (χ2v) is 11.3. The summed E-state index contributed by atoms with van der Waals surface area (Å²) in [6.45, 7) is 11.8. The van der Waals surface area contributed by atoms with Crippen LogP contribution >= 0.6 is 0 Å². The molecule has 2 aromatic carbocycles. The molecule has 0 spiro atoms. The van der Waals surface area contributed by atoms with Crippen LogP contribution in [0.3, 0.4) is 0 Å². The minimum absolute atomic E-state index is 0.0224. The highest BCUT2D eigenvalue weighted by Gasteiger charge is 2.45. The molecule has 1 amide bonds. The first-order chi connectivity index (χ1) is 20.1. The summed E-state index contributed by atoms with van der Waals surface area (Å²) in [6, 6.07) is 11.1. The Morgan fingerprint density at radius 1 is 0.860 bits per heavy atom. The zero-order chi connectivity index (χ0) is 32.1. The Morgan fingerprint density at radius 3 is 1.74 bits per heavy atom. The molecule has 0 saturated carbocycles. The van der Waals surface area contributed by atoms with Crippen LogP contribution in [0.15, 0.2) is 60.7 Å². The molecule has 2 aromatic rings. The predicted molar refractivity (Wildman–Crippen MR) is 154 cm³/mol. The van der Waals surface area contributed by atoms with Gasteiger partial charge in [0.1, 0.15) is 11.2 Å². The van der Waals surface area contributed by atoms with Crippen molar-refractivity contribution in [1.29, 1.82) is 0 Å². The maximum absolute atomic E-state index is 13.3. The van der Waals surface area contributed by atoms with Crippen molar-refractivity contribution in [2.24, 2.45) is 5.92 Å². The molecule has 0 bridgehead atoms. The van der Waals surface area contributed by atoms with Crippen LogP contribution in [0.4, 0.5) is 16.2 Å². The highest BCUT2D eigenvalue weighted by molar-refractivity contribution is 5.87. The maximum atomic E-state index is 13.3. The van der Waals surface area contributed by atoms with Crippen LogP contribution in [0.2, 0.25) is 0 Å². The van der Waals surface area contributed by atoms with Crippen molar-refractivity contribution in [2.75, 3.05) is 13.1 Å². The molecule has 1 fully saturated rings. The fourth-order valence-corrected chi connectivity index (χ4v) is 4.42. The van der Waals surface area contributed by atoms with E-state index in [0.717, 1.165) is 0 Å². The Labute approximate surface area is 248 Å². The summed E-state index contributed by atoms with van der Waals surface area (Å²) in [5, 5.41) is 23.5. The van der Waals surface area contributed by atoms with Gasteiger partial charge in [0.2, 0.25) is 0 Å². The number of rotatable bonds is 10. The number of esters is 2. The van der Waals surface area contributed by atoms with Crippen LogP contribution in [0.1, 0.15) is 64.7 Å². The minimum Gasteiger partial charge on any atom is -0.455 e. The molecular weight excluding hydrogens is 562 g/mol. The number of nitro groups is 2. The van der Waals surface area contributed by atoms with E-state index in [1.54, 1.807) is 27.7 Å². The Morgan fingerprint density at radius 2 is 1.30 bits per heavy atom. The van der Waals surface area contributed by atoms with Gasteiger partial charge in [-0.15, -0.1) is 0 Å². The first-order valence-electron chi connectivity index (χ1n) is 13.6. The van der Waals surface area contributed by atoms with Gasteiger partial charge in [0, 0.05) is 30.8 Å². The molecule has 1 aliphatic heterocycles. The van der Waals surface area contributed by atoms with Crippen LogP contribution < -0.4 is 0 Å². The number of amides is 1. The molecule has 43 heavy (non-hydrogen) atoms. The molecule has 13 nitrogen and oxygen atoms in total. The van der Waals surface area contributed by atoms with Gasteiger partial charge in [-0.2, -0.15) is 0 Å². The standard InChI is InChI=1S/C30H35N3O10/c1-19(2)26(34)42-29(3,4)30(5,6)43-27(35)20-15-17-31(18-16-20)28(36)41-25(21-11-7-9-13-23(21)32(37)38)22-12-8-10-14-24(22)33(39)40/h7-14,20,25H,1,15-18H2,2-6H3. The second-order valence-electron chi connectivity index (χ2n) is 11.3. The molecule has 0 unspecified atom stereocenters. The van der Waals surface area contributed by atoms with E-state index in [9.17, 15) is 34.6 Å². The number of carbonyl (C=O) groups excluding carboxylic acids is 3. The van der Waals surface area contributed by atoms with Crippen LogP contribution in [0.25, 0.3) is 0 Å². The van der Waals surface area contributed by atoms with Crippen molar-refractivity contribution in [1.82, 2.24) is 4.90 Å². The molecule has 0 radical (unpaired) electrons. The van der Waals surface area contributed by atoms with Gasteiger partial charge in [0.05, 0.1) is 26.9 Å². The molecule has 13 heteroatoms. The summed E-state index contributed by atoms with van der Waals surface area (Å²) in [7, 11) is 0. The van der Waals surface area contributed by atoms with E-state index in [1.165, 1.54) is 60.4 Å². The first kappa shape index (κ1) is 32.7. The number of carbonyl (C=O) groups is 3. The molecule has 230 valence electrons. The summed E-state index contributed by atoms with van der Waals surface area (Å²) >= 11 is 0. The van der Waals surface area contributed by atoms with Gasteiger partial charge in [0.25, 0.3) is 11.4 Å². The zero-order valence-corrected chi connectivity index (χ0v) is 24.7. The van der Waals surface area contributed by atoms with Crippen LogP contribution in [0, 0.1) is 26.1 Å². The summed E-state index contributed by atoms with van der Waals surface area (Å²) in [5.41, 5.74) is -2.92. The number of ether oxygens (including phenoxy) is 3. The first-order valence-corrected chi connectivity index (χ1v) is 13.6. The molecule has 3 rings (SSSR count). The van der Waals surface area contributed by atoms with Crippen LogP contribution in [-0.4, -0.2) is 57.1 Å². The van der Waals surface area contributed by atoms with Gasteiger partial charge >= 0.3 is 18.0 Å². The quantitative estimate of drug-likeness (QED) is 0.109. The molecule has 0 N–H and O–H groups in total. The van der Waals surface area contributed by atoms with E-state index in [-0.39, 0.29) is 54.0 Å². The molecule has 1 aliphatic rings. The SMILES string of the molecule is C=C(C)C(=O)OC(C)(C)C(C)(C)OC(=O)C1CCN(C(=O)OC(c2ccccc2[N+](=O)[O-])c2ccccc2[N+](=O)[O-])CC1. The average Bonchev–Trinajstić information content (AvgIpc) is 2.95. The fraction of sp³-hybridized carbons (Fsp3) is 0.433. The zero-order valence-electron chi connectivity index (χ0n) is 24.7. The van der Waals surface area contributed by atoms with Crippen molar-refractivity contribution in [3.05, 3.63) is 92.0 Å². The van der Waals surface area contributed by atoms with E-state index in [4.69, 9.17) is 14.2 Å². The van der Waals surface area contributed by atoms with Gasteiger partial charge in [-0.05, 0) is 59.6 Å². The van der Waals surface area contributed by atoms with E-state index < -0.39 is 51.1 Å². The highest BCUT2D eigenvalue weighted by atomic mass is 16.6. The maximum Gasteiger partial charge on any atom is 0.410 e. The fourth-order valence-electron chi connectivity index (χ4n) is 4.42. The smallest absolute Gasteiger partial charge is 0.410 e. The molecule has 0 aromatic heterocycles. The lowest BCUT2D eigenvalue weighted by Crippen LogP contribution is -2.52.